The van der Waals surface area contributed by atoms with Crippen LogP contribution in [0.4, 0.5) is 0 Å². The van der Waals surface area contributed by atoms with Gasteiger partial charge in [-0.1, -0.05) is 0 Å². The third kappa shape index (κ3) is 3.20. The zero-order valence-corrected chi connectivity index (χ0v) is 12.9. The molecule has 1 atom stereocenters. The molecule has 116 valence electrons. The van der Waals surface area contributed by atoms with Gasteiger partial charge in [0.05, 0.1) is 5.69 Å². The number of hydrogen-bond acceptors (Lipinski definition) is 3. The van der Waals surface area contributed by atoms with Crippen molar-refractivity contribution in [1.82, 2.24) is 20.0 Å². The summed E-state index contributed by atoms with van der Waals surface area (Å²) in [7, 11) is 1.97. The highest BCUT2D eigenvalue weighted by Crippen LogP contribution is 2.19. The summed E-state index contributed by atoms with van der Waals surface area (Å²) in [5.41, 5.74) is 1.72. The fourth-order valence-electron chi connectivity index (χ4n) is 3.07. The van der Waals surface area contributed by atoms with Crippen LogP contribution in [0.25, 0.3) is 5.69 Å². The zero-order chi connectivity index (χ0) is 15.4. The smallest absolute Gasteiger partial charge is 0.253 e. The average molecular weight is 298 g/mol. The molecule has 2 aromatic rings. The second-order valence-corrected chi connectivity index (χ2v) is 5.81. The van der Waals surface area contributed by atoms with Crippen LogP contribution in [-0.2, 0) is 0 Å². The van der Waals surface area contributed by atoms with Gasteiger partial charge in [-0.05, 0) is 62.7 Å². The van der Waals surface area contributed by atoms with Gasteiger partial charge in [0, 0.05) is 31.0 Å². The van der Waals surface area contributed by atoms with Crippen LogP contribution in [0.2, 0.25) is 0 Å². The van der Waals surface area contributed by atoms with E-state index in [1.807, 2.05) is 48.5 Å². The summed E-state index contributed by atoms with van der Waals surface area (Å²) in [5, 5.41) is 7.41. The number of piperidine rings is 1. The van der Waals surface area contributed by atoms with Crippen LogP contribution in [0.15, 0.2) is 42.7 Å². The normalized spacial score (nSPS) is 18.4. The van der Waals surface area contributed by atoms with Crippen LogP contribution < -0.4 is 5.32 Å². The van der Waals surface area contributed by atoms with E-state index in [1.165, 1.54) is 6.42 Å². The Balaban J connectivity index is 1.69. The quantitative estimate of drug-likeness (QED) is 0.938. The Bertz CT molecular complexity index is 604. The number of hydrogen-bond donors (Lipinski definition) is 1. The first-order valence-electron chi connectivity index (χ1n) is 7.82. The molecule has 1 aliphatic heterocycles. The fourth-order valence-corrected chi connectivity index (χ4v) is 3.07. The van der Waals surface area contributed by atoms with E-state index < -0.39 is 0 Å². The van der Waals surface area contributed by atoms with Crippen molar-refractivity contribution in [2.24, 2.45) is 5.92 Å². The summed E-state index contributed by atoms with van der Waals surface area (Å²) in [6, 6.07) is 9.54. The van der Waals surface area contributed by atoms with Crippen molar-refractivity contribution >= 4 is 5.91 Å². The van der Waals surface area contributed by atoms with Gasteiger partial charge < -0.3 is 10.2 Å². The molecular weight excluding hydrogens is 276 g/mol. The number of rotatable bonds is 4. The minimum Gasteiger partial charge on any atom is -0.338 e. The fraction of sp³-hybridized carbons (Fsp3) is 0.412. The van der Waals surface area contributed by atoms with E-state index >= 15 is 0 Å². The molecule has 1 amide bonds. The van der Waals surface area contributed by atoms with Gasteiger partial charge in [-0.15, -0.1) is 0 Å². The predicted molar refractivity (Wildman–Crippen MR) is 86.1 cm³/mol. The predicted octanol–water partition coefficient (Wildman–Crippen LogP) is 1.94. The van der Waals surface area contributed by atoms with Gasteiger partial charge in [-0.2, -0.15) is 5.10 Å². The van der Waals surface area contributed by atoms with Crippen molar-refractivity contribution < 1.29 is 4.79 Å². The molecule has 0 radical (unpaired) electrons. The summed E-state index contributed by atoms with van der Waals surface area (Å²) >= 11 is 0. The summed E-state index contributed by atoms with van der Waals surface area (Å²) in [6.45, 7) is 2.68. The molecule has 1 unspecified atom stereocenters. The lowest BCUT2D eigenvalue weighted by molar-refractivity contribution is 0.0674. The Morgan fingerprint density at radius 3 is 2.86 bits per heavy atom. The molecule has 1 fully saturated rings. The van der Waals surface area contributed by atoms with Gasteiger partial charge in [0.1, 0.15) is 0 Å². The molecule has 0 bridgehead atoms. The Morgan fingerprint density at radius 2 is 2.18 bits per heavy atom. The minimum atomic E-state index is 0.132. The van der Waals surface area contributed by atoms with E-state index in [-0.39, 0.29) is 5.91 Å². The molecule has 5 nitrogen and oxygen atoms in total. The van der Waals surface area contributed by atoms with Crippen LogP contribution in [-0.4, -0.2) is 47.3 Å². The average Bonchev–Trinajstić information content (AvgIpc) is 3.09. The molecule has 1 aromatic heterocycles. The third-order valence-corrected chi connectivity index (χ3v) is 4.18. The Kier molecular flexibility index (Phi) is 4.53. The number of carbonyl (C=O) groups excluding carboxylic acids is 1. The molecule has 1 aromatic carbocycles. The van der Waals surface area contributed by atoms with E-state index in [4.69, 9.17) is 0 Å². The SMILES string of the molecule is CNCC1CCCN(C(=O)c2ccc(-n3cccn3)cc2)C1. The summed E-state index contributed by atoms with van der Waals surface area (Å²) in [4.78, 5) is 14.6. The van der Waals surface area contributed by atoms with E-state index in [2.05, 4.69) is 10.4 Å². The maximum Gasteiger partial charge on any atom is 0.253 e. The number of carbonyl (C=O) groups is 1. The Hall–Kier alpha value is -2.14. The van der Waals surface area contributed by atoms with Crippen LogP contribution in [0.3, 0.4) is 0 Å². The Morgan fingerprint density at radius 1 is 1.36 bits per heavy atom. The highest BCUT2D eigenvalue weighted by atomic mass is 16.2. The standard InChI is InChI=1S/C17H22N4O/c1-18-12-14-4-2-10-20(13-14)17(22)15-5-7-16(8-6-15)21-11-3-9-19-21/h3,5-9,11,14,18H,2,4,10,12-13H2,1H3. The number of amides is 1. The van der Waals surface area contributed by atoms with E-state index in [9.17, 15) is 4.79 Å². The lowest BCUT2D eigenvalue weighted by atomic mass is 9.97. The van der Waals surface area contributed by atoms with Crippen molar-refractivity contribution in [3.8, 4) is 5.69 Å². The highest BCUT2D eigenvalue weighted by Gasteiger charge is 2.23. The second-order valence-electron chi connectivity index (χ2n) is 5.81. The van der Waals surface area contributed by atoms with Gasteiger partial charge in [0.15, 0.2) is 0 Å². The van der Waals surface area contributed by atoms with E-state index in [1.54, 1.807) is 10.9 Å². The molecule has 0 spiro atoms. The maximum atomic E-state index is 12.6. The largest absolute Gasteiger partial charge is 0.338 e. The van der Waals surface area contributed by atoms with Crippen LogP contribution in [0, 0.1) is 5.92 Å². The molecule has 22 heavy (non-hydrogen) atoms. The van der Waals surface area contributed by atoms with E-state index in [0.29, 0.717) is 5.92 Å². The van der Waals surface area contributed by atoms with Gasteiger partial charge in [-0.25, -0.2) is 4.68 Å². The Labute approximate surface area is 130 Å². The number of nitrogens with zero attached hydrogens (tertiary/aromatic N) is 3. The summed E-state index contributed by atoms with van der Waals surface area (Å²) in [5.74, 6) is 0.693. The number of nitrogens with one attached hydrogen (secondary N) is 1. The van der Waals surface area contributed by atoms with Crippen molar-refractivity contribution in [2.75, 3.05) is 26.7 Å². The van der Waals surface area contributed by atoms with Crippen LogP contribution in [0.5, 0.6) is 0 Å². The van der Waals surface area contributed by atoms with Crippen LogP contribution >= 0.6 is 0 Å². The topological polar surface area (TPSA) is 50.2 Å². The first-order valence-corrected chi connectivity index (χ1v) is 7.82. The monoisotopic (exact) mass is 298 g/mol. The van der Waals surface area contributed by atoms with Gasteiger partial charge >= 0.3 is 0 Å². The molecular formula is C17H22N4O. The molecule has 5 heteroatoms. The summed E-state index contributed by atoms with van der Waals surface area (Å²) < 4.78 is 1.79. The molecule has 0 aliphatic carbocycles. The van der Waals surface area contributed by atoms with Crippen molar-refractivity contribution in [3.05, 3.63) is 48.3 Å². The molecule has 1 aliphatic rings. The summed E-state index contributed by atoms with van der Waals surface area (Å²) in [6.07, 6.45) is 5.92. The van der Waals surface area contributed by atoms with Crippen molar-refractivity contribution in [2.45, 2.75) is 12.8 Å². The lowest BCUT2D eigenvalue weighted by Crippen LogP contribution is -2.42. The third-order valence-electron chi connectivity index (χ3n) is 4.18. The van der Waals surface area contributed by atoms with Crippen molar-refractivity contribution in [3.63, 3.8) is 0 Å². The minimum absolute atomic E-state index is 0.132. The first-order chi connectivity index (χ1) is 10.8. The number of aromatic nitrogens is 2. The molecule has 2 heterocycles. The maximum absolute atomic E-state index is 12.6. The van der Waals surface area contributed by atoms with Gasteiger partial charge in [0.25, 0.3) is 5.91 Å². The van der Waals surface area contributed by atoms with Gasteiger partial charge in [0.2, 0.25) is 0 Å². The number of likely N-dealkylation sites (tertiary alicyclic amines) is 1. The van der Waals surface area contributed by atoms with Crippen LogP contribution in [0.1, 0.15) is 23.2 Å². The van der Waals surface area contributed by atoms with E-state index in [0.717, 1.165) is 37.3 Å². The highest BCUT2D eigenvalue weighted by molar-refractivity contribution is 5.94. The lowest BCUT2D eigenvalue weighted by Gasteiger charge is -2.32. The first kappa shape index (κ1) is 14.8. The second kappa shape index (κ2) is 6.75. The van der Waals surface area contributed by atoms with Gasteiger partial charge in [-0.3, -0.25) is 4.79 Å². The molecule has 3 rings (SSSR count). The molecule has 1 saturated heterocycles. The number of benzene rings is 1. The molecule has 0 saturated carbocycles. The zero-order valence-electron chi connectivity index (χ0n) is 12.9. The molecule has 1 N–H and O–H groups in total. The van der Waals surface area contributed by atoms with Crippen molar-refractivity contribution in [1.29, 1.82) is 0 Å².